The van der Waals surface area contributed by atoms with Crippen molar-refractivity contribution in [3.8, 4) is 0 Å². The molecule has 3 aromatic rings. The van der Waals surface area contributed by atoms with Crippen LogP contribution in [0.25, 0.3) is 10.1 Å². The first-order valence-corrected chi connectivity index (χ1v) is 8.45. The van der Waals surface area contributed by atoms with Crippen LogP contribution in [0.5, 0.6) is 0 Å². The van der Waals surface area contributed by atoms with Crippen LogP contribution in [0.2, 0.25) is 0 Å². The summed E-state index contributed by atoms with van der Waals surface area (Å²) in [5.74, 6) is 0.727. The molecule has 2 heterocycles. The van der Waals surface area contributed by atoms with Crippen molar-refractivity contribution in [1.29, 1.82) is 0 Å². The lowest BCUT2D eigenvalue weighted by molar-refractivity contribution is 0.103. The van der Waals surface area contributed by atoms with Gasteiger partial charge in [0.15, 0.2) is 0 Å². The molecule has 2 aromatic heterocycles. The van der Waals surface area contributed by atoms with Gasteiger partial charge in [0.2, 0.25) is 0 Å². The topological polar surface area (TPSA) is 54.5 Å². The zero-order valence-electron chi connectivity index (χ0n) is 13.7. The lowest BCUT2D eigenvalue weighted by atomic mass is 10.2. The molecule has 0 unspecified atom stereocenters. The Morgan fingerprint density at radius 3 is 2.83 bits per heavy atom. The van der Waals surface area contributed by atoms with Crippen LogP contribution in [0.4, 0.5) is 11.5 Å². The van der Waals surface area contributed by atoms with Crippen molar-refractivity contribution >= 4 is 38.8 Å². The van der Waals surface area contributed by atoms with E-state index >= 15 is 0 Å². The van der Waals surface area contributed by atoms with Gasteiger partial charge in [-0.2, -0.15) is 0 Å². The standard InChI is InChI=1S/C18H19N3O2S/c1-21(9-10-23-2)17-8-7-14(12-19-17)20-18(22)16-11-13-5-3-4-6-15(13)24-16/h3-8,11-12H,9-10H2,1-2H3,(H,20,22). The summed E-state index contributed by atoms with van der Waals surface area (Å²) in [6.45, 7) is 1.40. The Kier molecular flexibility index (Phi) is 5.08. The number of hydrogen-bond acceptors (Lipinski definition) is 5. The number of anilines is 2. The maximum Gasteiger partial charge on any atom is 0.265 e. The molecule has 0 spiro atoms. The van der Waals surface area contributed by atoms with E-state index in [9.17, 15) is 4.79 Å². The van der Waals surface area contributed by atoms with E-state index in [-0.39, 0.29) is 5.91 Å². The van der Waals surface area contributed by atoms with Crippen molar-refractivity contribution in [3.63, 3.8) is 0 Å². The number of nitrogens with one attached hydrogen (secondary N) is 1. The summed E-state index contributed by atoms with van der Waals surface area (Å²) in [5, 5.41) is 3.98. The van der Waals surface area contributed by atoms with Gasteiger partial charge in [0, 0.05) is 25.4 Å². The minimum absolute atomic E-state index is 0.113. The molecule has 0 aliphatic rings. The Balaban J connectivity index is 1.68. The number of methoxy groups -OCH3 is 1. The number of nitrogens with zero attached hydrogens (tertiary/aromatic N) is 2. The molecule has 1 amide bonds. The number of rotatable bonds is 6. The molecule has 0 fully saturated rings. The second-order valence-corrected chi connectivity index (χ2v) is 6.51. The average Bonchev–Trinajstić information content (AvgIpc) is 3.04. The Morgan fingerprint density at radius 2 is 2.12 bits per heavy atom. The minimum atomic E-state index is -0.113. The van der Waals surface area contributed by atoms with E-state index in [4.69, 9.17) is 4.74 Å². The normalized spacial score (nSPS) is 10.8. The van der Waals surface area contributed by atoms with Crippen molar-refractivity contribution < 1.29 is 9.53 Å². The van der Waals surface area contributed by atoms with Gasteiger partial charge in [-0.1, -0.05) is 18.2 Å². The summed E-state index contributed by atoms with van der Waals surface area (Å²) in [6, 6.07) is 13.6. The molecule has 0 radical (unpaired) electrons. The highest BCUT2D eigenvalue weighted by Crippen LogP contribution is 2.26. The zero-order chi connectivity index (χ0) is 16.9. The molecule has 0 bridgehead atoms. The second-order valence-electron chi connectivity index (χ2n) is 5.42. The number of hydrogen-bond donors (Lipinski definition) is 1. The fourth-order valence-corrected chi connectivity index (χ4v) is 3.27. The SMILES string of the molecule is COCCN(C)c1ccc(NC(=O)c2cc3ccccc3s2)cn1. The number of fused-ring (bicyclic) bond motifs is 1. The Labute approximate surface area is 144 Å². The number of carbonyl (C=O) groups is 1. The zero-order valence-corrected chi connectivity index (χ0v) is 14.5. The number of aromatic nitrogens is 1. The monoisotopic (exact) mass is 341 g/mol. The smallest absolute Gasteiger partial charge is 0.265 e. The summed E-state index contributed by atoms with van der Waals surface area (Å²) in [4.78, 5) is 19.5. The van der Waals surface area contributed by atoms with Crippen molar-refractivity contribution in [2.75, 3.05) is 37.5 Å². The number of carbonyl (C=O) groups excluding carboxylic acids is 1. The lowest BCUT2D eigenvalue weighted by Gasteiger charge is -2.17. The number of amides is 1. The van der Waals surface area contributed by atoms with E-state index in [0.29, 0.717) is 17.2 Å². The Hall–Kier alpha value is -2.44. The predicted octanol–water partition coefficient (Wildman–Crippen LogP) is 3.63. The van der Waals surface area contributed by atoms with Gasteiger partial charge in [-0.15, -0.1) is 11.3 Å². The van der Waals surface area contributed by atoms with E-state index in [2.05, 4.69) is 10.3 Å². The van der Waals surface area contributed by atoms with Crippen LogP contribution >= 0.6 is 11.3 Å². The first kappa shape index (κ1) is 16.4. The van der Waals surface area contributed by atoms with Gasteiger partial charge in [0.1, 0.15) is 5.82 Å². The molecule has 6 heteroatoms. The van der Waals surface area contributed by atoms with Crippen molar-refractivity contribution in [1.82, 2.24) is 4.98 Å². The van der Waals surface area contributed by atoms with Gasteiger partial charge >= 0.3 is 0 Å². The van der Waals surface area contributed by atoms with Crippen LogP contribution in [0.3, 0.4) is 0 Å². The van der Waals surface area contributed by atoms with Crippen LogP contribution < -0.4 is 10.2 Å². The van der Waals surface area contributed by atoms with Gasteiger partial charge in [-0.3, -0.25) is 4.79 Å². The predicted molar refractivity (Wildman–Crippen MR) is 99.2 cm³/mol. The van der Waals surface area contributed by atoms with Crippen molar-refractivity contribution in [2.45, 2.75) is 0 Å². The molecule has 0 saturated carbocycles. The molecule has 3 rings (SSSR count). The summed E-state index contributed by atoms with van der Waals surface area (Å²) >= 11 is 1.49. The minimum Gasteiger partial charge on any atom is -0.383 e. The molecular formula is C18H19N3O2S. The first-order valence-electron chi connectivity index (χ1n) is 7.63. The quantitative estimate of drug-likeness (QED) is 0.744. The van der Waals surface area contributed by atoms with Crippen LogP contribution in [-0.2, 0) is 4.74 Å². The van der Waals surface area contributed by atoms with E-state index in [1.807, 2.05) is 54.4 Å². The number of pyridine rings is 1. The van der Waals surface area contributed by atoms with Gasteiger partial charge in [0.25, 0.3) is 5.91 Å². The summed E-state index contributed by atoms with van der Waals surface area (Å²) in [7, 11) is 3.63. The van der Waals surface area contributed by atoms with Crippen LogP contribution in [0.1, 0.15) is 9.67 Å². The van der Waals surface area contributed by atoms with Gasteiger partial charge in [0.05, 0.1) is 23.4 Å². The number of likely N-dealkylation sites (N-methyl/N-ethyl adjacent to an activating group) is 1. The largest absolute Gasteiger partial charge is 0.383 e. The van der Waals surface area contributed by atoms with E-state index < -0.39 is 0 Å². The highest BCUT2D eigenvalue weighted by molar-refractivity contribution is 7.20. The molecule has 24 heavy (non-hydrogen) atoms. The van der Waals surface area contributed by atoms with E-state index in [1.165, 1.54) is 11.3 Å². The third-order valence-electron chi connectivity index (χ3n) is 3.68. The number of benzene rings is 1. The molecule has 0 aliphatic heterocycles. The second kappa shape index (κ2) is 7.42. The van der Waals surface area contributed by atoms with Crippen LogP contribution in [0, 0.1) is 0 Å². The summed E-state index contributed by atoms with van der Waals surface area (Å²) in [6.07, 6.45) is 1.67. The maximum absolute atomic E-state index is 12.4. The molecule has 1 aromatic carbocycles. The molecule has 5 nitrogen and oxygen atoms in total. The van der Waals surface area contributed by atoms with Gasteiger partial charge in [-0.25, -0.2) is 4.98 Å². The van der Waals surface area contributed by atoms with Gasteiger partial charge < -0.3 is 15.0 Å². The third-order valence-corrected chi connectivity index (χ3v) is 4.79. The Morgan fingerprint density at radius 1 is 1.29 bits per heavy atom. The molecule has 0 aliphatic carbocycles. The average molecular weight is 341 g/mol. The molecule has 0 saturated heterocycles. The van der Waals surface area contributed by atoms with E-state index in [1.54, 1.807) is 13.3 Å². The fourth-order valence-electron chi connectivity index (χ4n) is 2.32. The fraction of sp³-hybridized carbons (Fsp3) is 0.222. The molecule has 0 atom stereocenters. The number of thiophene rings is 1. The summed E-state index contributed by atoms with van der Waals surface area (Å²) in [5.41, 5.74) is 0.682. The van der Waals surface area contributed by atoms with E-state index in [0.717, 1.165) is 22.4 Å². The van der Waals surface area contributed by atoms with Crippen LogP contribution in [0.15, 0.2) is 48.7 Å². The number of ether oxygens (including phenoxy) is 1. The van der Waals surface area contributed by atoms with Crippen molar-refractivity contribution in [2.24, 2.45) is 0 Å². The molecule has 1 N–H and O–H groups in total. The molecular weight excluding hydrogens is 322 g/mol. The third kappa shape index (κ3) is 3.72. The first-order chi connectivity index (χ1) is 11.7. The Bertz CT molecular complexity index is 797. The highest BCUT2D eigenvalue weighted by atomic mass is 32.1. The lowest BCUT2D eigenvalue weighted by Crippen LogP contribution is -2.23. The van der Waals surface area contributed by atoms with Gasteiger partial charge in [-0.05, 0) is 29.7 Å². The maximum atomic E-state index is 12.4. The highest BCUT2D eigenvalue weighted by Gasteiger charge is 2.11. The van der Waals surface area contributed by atoms with Crippen LogP contribution in [-0.4, -0.2) is 38.2 Å². The van der Waals surface area contributed by atoms with Crippen molar-refractivity contribution in [3.05, 3.63) is 53.5 Å². The molecule has 124 valence electrons. The summed E-state index contributed by atoms with van der Waals surface area (Å²) < 4.78 is 6.17.